The summed E-state index contributed by atoms with van der Waals surface area (Å²) in [5.41, 5.74) is 15.5. The van der Waals surface area contributed by atoms with Crippen molar-refractivity contribution in [3.05, 3.63) is 76.5 Å². The van der Waals surface area contributed by atoms with Crippen LogP contribution >= 0.6 is 0 Å². The number of ether oxygens (including phenoxy) is 3. The highest BCUT2D eigenvalue weighted by molar-refractivity contribution is 5.95. The van der Waals surface area contributed by atoms with Gasteiger partial charge in [0.05, 0.1) is 39.0 Å². The first-order valence-electron chi connectivity index (χ1n) is 12.8. The number of hydrogen-bond acceptors (Lipinski definition) is 10. The molecule has 2 aliphatic heterocycles. The van der Waals surface area contributed by atoms with Gasteiger partial charge in [-0.15, -0.1) is 0 Å². The number of nitrogen functional groups attached to an aromatic ring is 2. The maximum absolute atomic E-state index is 13.6. The predicted octanol–water partition coefficient (Wildman–Crippen LogP) is 3.13. The topological polar surface area (TPSA) is 155 Å². The normalized spacial score (nSPS) is 18.4. The molecule has 0 bridgehead atoms. The van der Waals surface area contributed by atoms with Gasteiger partial charge in [-0.3, -0.25) is 9.59 Å². The number of hydrogen-bond donors (Lipinski definition) is 2. The molecule has 0 radical (unpaired) electrons. The third kappa shape index (κ3) is 5.31. The second-order valence-electron chi connectivity index (χ2n) is 9.49. The summed E-state index contributed by atoms with van der Waals surface area (Å²) in [5, 5.41) is 5.80. The van der Waals surface area contributed by atoms with Gasteiger partial charge >= 0.3 is 5.97 Å². The fraction of sp³-hybridized carbons (Fsp3) is 0.276. The molecule has 0 aliphatic carbocycles. The number of carbonyl (C=O) groups is 2. The highest BCUT2D eigenvalue weighted by Gasteiger charge is 2.41. The molecule has 2 aromatic carbocycles. The quantitative estimate of drug-likeness (QED) is 0.338. The van der Waals surface area contributed by atoms with E-state index in [-0.39, 0.29) is 17.7 Å². The van der Waals surface area contributed by atoms with Crippen LogP contribution in [0, 0.1) is 5.92 Å². The number of amides is 1. The molecule has 0 saturated carbocycles. The predicted molar refractivity (Wildman–Crippen MR) is 150 cm³/mol. The molecule has 2 atom stereocenters. The summed E-state index contributed by atoms with van der Waals surface area (Å²) < 4.78 is 16.5. The van der Waals surface area contributed by atoms with Crippen molar-refractivity contribution in [3.8, 4) is 11.5 Å². The van der Waals surface area contributed by atoms with Crippen molar-refractivity contribution in [2.75, 3.05) is 32.3 Å². The minimum atomic E-state index is -0.581. The van der Waals surface area contributed by atoms with Crippen molar-refractivity contribution < 1.29 is 23.8 Å². The lowest BCUT2D eigenvalue weighted by atomic mass is 9.85. The van der Waals surface area contributed by atoms with Crippen LogP contribution in [0.4, 0.5) is 11.8 Å². The number of esters is 1. The lowest BCUT2D eigenvalue weighted by Gasteiger charge is -2.37. The Morgan fingerprint density at radius 2 is 2.02 bits per heavy atom. The summed E-state index contributed by atoms with van der Waals surface area (Å²) in [6.07, 6.45) is 8.00. The number of carbonyl (C=O) groups excluding carboxylic acids is 2. The number of cyclic esters (lactones) is 1. The van der Waals surface area contributed by atoms with Gasteiger partial charge in [0.1, 0.15) is 5.82 Å². The van der Waals surface area contributed by atoms with Gasteiger partial charge in [0, 0.05) is 29.8 Å². The molecule has 4 N–H and O–H groups in total. The Morgan fingerprint density at radius 1 is 1.20 bits per heavy atom. The molecule has 1 amide bonds. The average Bonchev–Trinajstić information content (AvgIpc) is 2.96. The van der Waals surface area contributed by atoms with Crippen molar-refractivity contribution in [3.63, 3.8) is 0 Å². The minimum Gasteiger partial charge on any atom is -0.493 e. The summed E-state index contributed by atoms with van der Waals surface area (Å²) >= 11 is 0. The smallest absolute Gasteiger partial charge is 0.311 e. The second-order valence-corrected chi connectivity index (χ2v) is 9.49. The summed E-state index contributed by atoms with van der Waals surface area (Å²) in [5.74, 6) is 0.0806. The second kappa shape index (κ2) is 11.4. The number of rotatable bonds is 7. The molecule has 1 saturated heterocycles. The molecule has 0 spiro atoms. The molecule has 1 fully saturated rings. The van der Waals surface area contributed by atoms with E-state index in [9.17, 15) is 9.59 Å². The first-order chi connectivity index (χ1) is 19.4. The largest absolute Gasteiger partial charge is 0.493 e. The van der Waals surface area contributed by atoms with Crippen LogP contribution in [0.2, 0.25) is 0 Å². The number of methoxy groups -OCH3 is 2. The van der Waals surface area contributed by atoms with Gasteiger partial charge in [-0.2, -0.15) is 10.1 Å². The van der Waals surface area contributed by atoms with E-state index >= 15 is 0 Å². The average molecular weight is 543 g/mol. The number of nitrogens with zero attached hydrogens (tertiary/aromatic N) is 4. The Morgan fingerprint density at radius 3 is 2.77 bits per heavy atom. The Hall–Kier alpha value is -4.93. The number of hydrazone groups is 1. The van der Waals surface area contributed by atoms with Gasteiger partial charge in [-0.1, -0.05) is 24.3 Å². The maximum atomic E-state index is 13.6. The number of aromatic nitrogens is 2. The first-order valence-corrected chi connectivity index (χ1v) is 12.8. The molecular formula is C29H30N6O5. The Bertz CT molecular complexity index is 1500. The zero-order valence-corrected chi connectivity index (χ0v) is 22.2. The van der Waals surface area contributed by atoms with E-state index in [0.29, 0.717) is 42.1 Å². The fourth-order valence-corrected chi connectivity index (χ4v) is 5.10. The summed E-state index contributed by atoms with van der Waals surface area (Å²) in [4.78, 5) is 34.4. The van der Waals surface area contributed by atoms with Crippen LogP contribution in [0.3, 0.4) is 0 Å². The van der Waals surface area contributed by atoms with Crippen molar-refractivity contribution in [2.45, 2.75) is 25.3 Å². The zero-order valence-electron chi connectivity index (χ0n) is 22.2. The fourth-order valence-electron chi connectivity index (χ4n) is 5.10. The lowest BCUT2D eigenvalue weighted by molar-refractivity contribution is -0.157. The van der Waals surface area contributed by atoms with Crippen LogP contribution < -0.4 is 20.9 Å². The van der Waals surface area contributed by atoms with Gasteiger partial charge in [0.15, 0.2) is 11.5 Å². The third-order valence-corrected chi connectivity index (χ3v) is 7.00. The maximum Gasteiger partial charge on any atom is 0.311 e. The molecular weight excluding hydrogens is 512 g/mol. The number of fused-ring (bicyclic) bond motifs is 1. The van der Waals surface area contributed by atoms with E-state index in [1.54, 1.807) is 18.5 Å². The number of anilines is 2. The highest BCUT2D eigenvalue weighted by Crippen LogP contribution is 2.39. The molecule has 206 valence electrons. The van der Waals surface area contributed by atoms with E-state index in [1.165, 1.54) is 25.3 Å². The van der Waals surface area contributed by atoms with Crippen molar-refractivity contribution >= 4 is 35.9 Å². The Kier molecular flexibility index (Phi) is 7.63. The number of benzene rings is 2. The third-order valence-electron chi connectivity index (χ3n) is 7.00. The molecule has 1 aromatic heterocycles. The van der Waals surface area contributed by atoms with Crippen molar-refractivity contribution in [1.29, 1.82) is 0 Å². The molecule has 3 heterocycles. The Labute approximate surface area is 231 Å². The van der Waals surface area contributed by atoms with E-state index in [2.05, 4.69) is 15.1 Å². The summed E-state index contributed by atoms with van der Waals surface area (Å²) in [7, 11) is 3.06. The van der Waals surface area contributed by atoms with Gasteiger partial charge in [-0.25, -0.2) is 9.99 Å². The number of nitrogens with two attached hydrogens (primary N) is 2. The van der Waals surface area contributed by atoms with Gasteiger partial charge in [-0.05, 0) is 47.7 Å². The van der Waals surface area contributed by atoms with Crippen LogP contribution in [-0.2, 0) is 20.7 Å². The molecule has 5 rings (SSSR count). The van der Waals surface area contributed by atoms with Crippen LogP contribution in [0.5, 0.6) is 11.5 Å². The highest BCUT2D eigenvalue weighted by atomic mass is 16.5. The van der Waals surface area contributed by atoms with Crippen LogP contribution in [0.1, 0.15) is 46.7 Å². The Balaban J connectivity index is 1.47. The minimum absolute atomic E-state index is 0.0958. The standard InChI is InChI=1S/C29H30N6O5/c1-38-23-14-17(13-20-15-32-29(31)34-27(20)30)12-18(26(23)39-2)9-10-24(36)35-25(22-8-5-11-40-28(22)37)21-7-4-3-6-19(21)16-33-35/h3-4,6-7,9-10,12,14-16,22,25H,5,8,11,13H2,1-2H3,(H4,30,31,32,34)/b10-9+/t22-,25?/m0/s1. The van der Waals surface area contributed by atoms with E-state index < -0.39 is 17.9 Å². The molecule has 3 aromatic rings. The van der Waals surface area contributed by atoms with E-state index in [0.717, 1.165) is 23.1 Å². The van der Waals surface area contributed by atoms with E-state index in [4.69, 9.17) is 25.7 Å². The van der Waals surface area contributed by atoms with Crippen LogP contribution in [0.15, 0.2) is 53.8 Å². The SMILES string of the molecule is COc1cc(Cc2cnc(N)nc2N)cc(/C=C/C(=O)N2N=Cc3ccccc3C2[C@@H]2CCCOC2=O)c1OC. The van der Waals surface area contributed by atoms with E-state index in [1.807, 2.05) is 36.4 Å². The molecule has 11 heteroatoms. The first kappa shape index (κ1) is 26.7. The zero-order chi connectivity index (χ0) is 28.2. The van der Waals surface area contributed by atoms with Gasteiger partial charge < -0.3 is 25.7 Å². The van der Waals surface area contributed by atoms with Gasteiger partial charge in [0.2, 0.25) is 5.95 Å². The van der Waals surface area contributed by atoms with Gasteiger partial charge in [0.25, 0.3) is 5.91 Å². The summed E-state index contributed by atoms with van der Waals surface area (Å²) in [6, 6.07) is 10.7. The molecule has 2 aliphatic rings. The molecule has 1 unspecified atom stereocenters. The van der Waals surface area contributed by atoms with Crippen LogP contribution in [0.25, 0.3) is 6.08 Å². The summed E-state index contributed by atoms with van der Waals surface area (Å²) in [6.45, 7) is 0.382. The molecule has 40 heavy (non-hydrogen) atoms. The molecule has 11 nitrogen and oxygen atoms in total. The van der Waals surface area contributed by atoms with Crippen molar-refractivity contribution in [1.82, 2.24) is 15.0 Å². The van der Waals surface area contributed by atoms with Crippen molar-refractivity contribution in [2.24, 2.45) is 11.0 Å². The monoisotopic (exact) mass is 542 g/mol. The van der Waals surface area contributed by atoms with Crippen LogP contribution in [-0.4, -0.2) is 53.9 Å². The lowest BCUT2D eigenvalue weighted by Crippen LogP contribution is -2.41.